The van der Waals surface area contributed by atoms with E-state index in [1.165, 1.54) is 23.9 Å². The summed E-state index contributed by atoms with van der Waals surface area (Å²) in [7, 11) is 3.91. The minimum Gasteiger partial charge on any atom is -0.353 e. The van der Waals surface area contributed by atoms with Crippen LogP contribution in [0.3, 0.4) is 0 Å². The van der Waals surface area contributed by atoms with Gasteiger partial charge in [-0.2, -0.15) is 0 Å². The zero-order valence-electron chi connectivity index (χ0n) is 15.2. The summed E-state index contributed by atoms with van der Waals surface area (Å²) in [6.45, 7) is 5.85. The highest BCUT2D eigenvalue weighted by Gasteiger charge is 2.21. The second-order valence-corrected chi connectivity index (χ2v) is 7.25. The lowest BCUT2D eigenvalue weighted by molar-refractivity contribution is -0.119. The van der Waals surface area contributed by atoms with E-state index in [1.807, 2.05) is 44.3 Å². The number of nitrogens with one attached hydrogen (secondary N) is 1. The zero-order valence-corrected chi connectivity index (χ0v) is 16.0. The van der Waals surface area contributed by atoms with Crippen molar-refractivity contribution < 1.29 is 9.18 Å². The van der Waals surface area contributed by atoms with E-state index < -0.39 is 0 Å². The largest absolute Gasteiger partial charge is 0.353 e. The van der Waals surface area contributed by atoms with E-state index in [9.17, 15) is 9.18 Å². The Morgan fingerprint density at radius 1 is 1.24 bits per heavy atom. The van der Waals surface area contributed by atoms with Crippen molar-refractivity contribution in [1.82, 2.24) is 25.0 Å². The van der Waals surface area contributed by atoms with Gasteiger partial charge in [-0.1, -0.05) is 11.8 Å². The van der Waals surface area contributed by atoms with Crippen molar-refractivity contribution in [2.24, 2.45) is 0 Å². The number of nitrogens with zero attached hydrogens (tertiary/aromatic N) is 4. The molecule has 1 heterocycles. The molecule has 0 spiro atoms. The number of halogens is 1. The maximum Gasteiger partial charge on any atom is 0.230 e. The van der Waals surface area contributed by atoms with Crippen LogP contribution >= 0.6 is 11.8 Å². The Morgan fingerprint density at radius 2 is 1.88 bits per heavy atom. The predicted molar refractivity (Wildman–Crippen MR) is 97.4 cm³/mol. The molecule has 0 saturated heterocycles. The van der Waals surface area contributed by atoms with E-state index in [1.54, 1.807) is 12.1 Å². The van der Waals surface area contributed by atoms with Gasteiger partial charge in [0.25, 0.3) is 0 Å². The van der Waals surface area contributed by atoms with Gasteiger partial charge in [-0.15, -0.1) is 10.2 Å². The van der Waals surface area contributed by atoms with Crippen LogP contribution in [0.5, 0.6) is 0 Å². The minimum atomic E-state index is -0.301. The molecule has 0 aliphatic rings. The van der Waals surface area contributed by atoms with Crippen LogP contribution in [0.2, 0.25) is 0 Å². The van der Waals surface area contributed by atoms with Gasteiger partial charge in [-0.25, -0.2) is 4.39 Å². The average Bonchev–Trinajstić information content (AvgIpc) is 2.96. The molecule has 6 nitrogen and oxygen atoms in total. The summed E-state index contributed by atoms with van der Waals surface area (Å²) in [6.07, 6.45) is 0. The molecule has 0 aliphatic heterocycles. The molecule has 0 unspecified atom stereocenters. The Balaban J connectivity index is 2.33. The summed E-state index contributed by atoms with van der Waals surface area (Å²) >= 11 is 1.31. The molecule has 1 amide bonds. The second kappa shape index (κ2) is 8.44. The molecule has 136 valence electrons. The fourth-order valence-corrected chi connectivity index (χ4v) is 2.97. The van der Waals surface area contributed by atoms with Crippen LogP contribution in [0.25, 0.3) is 5.69 Å². The highest BCUT2D eigenvalue weighted by molar-refractivity contribution is 7.99. The van der Waals surface area contributed by atoms with Crippen LogP contribution in [0.15, 0.2) is 29.4 Å². The van der Waals surface area contributed by atoms with E-state index in [2.05, 4.69) is 15.5 Å². The summed E-state index contributed by atoms with van der Waals surface area (Å²) in [5.74, 6) is 0.622. The van der Waals surface area contributed by atoms with Crippen molar-refractivity contribution >= 4 is 17.7 Å². The Bertz CT molecular complexity index is 714. The van der Waals surface area contributed by atoms with Crippen LogP contribution in [-0.4, -0.2) is 51.5 Å². The van der Waals surface area contributed by atoms with Crippen molar-refractivity contribution in [3.63, 3.8) is 0 Å². The number of benzene rings is 1. The van der Waals surface area contributed by atoms with Crippen LogP contribution in [0.1, 0.15) is 32.6 Å². The van der Waals surface area contributed by atoms with Crippen LogP contribution in [-0.2, 0) is 4.79 Å². The quantitative estimate of drug-likeness (QED) is 0.764. The average molecular weight is 365 g/mol. The maximum atomic E-state index is 13.3. The molecule has 2 aromatic rings. The lowest BCUT2D eigenvalue weighted by Crippen LogP contribution is -2.31. The van der Waals surface area contributed by atoms with Crippen molar-refractivity contribution in [3.8, 4) is 5.69 Å². The molecule has 1 atom stereocenters. The fourth-order valence-electron chi connectivity index (χ4n) is 2.20. The van der Waals surface area contributed by atoms with Crippen LogP contribution < -0.4 is 5.32 Å². The Morgan fingerprint density at radius 3 is 2.44 bits per heavy atom. The summed E-state index contributed by atoms with van der Waals surface area (Å²) in [6, 6.07) is 6.27. The van der Waals surface area contributed by atoms with Crippen molar-refractivity contribution in [2.45, 2.75) is 38.0 Å². The molecular weight excluding hydrogens is 341 g/mol. The van der Waals surface area contributed by atoms with Gasteiger partial charge in [0.05, 0.1) is 11.8 Å². The van der Waals surface area contributed by atoms with Gasteiger partial charge in [-0.3, -0.25) is 14.3 Å². The first kappa shape index (κ1) is 19.4. The molecule has 1 N–H and O–H groups in total. The number of carbonyl (C=O) groups excluding carboxylic acids is 1. The Kier molecular flexibility index (Phi) is 6.55. The lowest BCUT2D eigenvalue weighted by Gasteiger charge is -2.20. The fraction of sp³-hybridized carbons (Fsp3) is 0.471. The molecule has 0 bridgehead atoms. The van der Waals surface area contributed by atoms with Gasteiger partial charge in [0.1, 0.15) is 5.82 Å². The molecule has 0 saturated carbocycles. The molecule has 0 radical (unpaired) electrons. The molecule has 25 heavy (non-hydrogen) atoms. The Labute approximate surface area is 151 Å². The van der Waals surface area contributed by atoms with Gasteiger partial charge < -0.3 is 5.32 Å². The van der Waals surface area contributed by atoms with Gasteiger partial charge in [0.2, 0.25) is 5.91 Å². The highest BCUT2D eigenvalue weighted by Crippen LogP contribution is 2.26. The number of hydrogen-bond donors (Lipinski definition) is 1. The molecule has 8 heteroatoms. The summed E-state index contributed by atoms with van der Waals surface area (Å²) in [5.41, 5.74) is 0.766. The van der Waals surface area contributed by atoms with E-state index in [-0.39, 0.29) is 29.6 Å². The number of carbonyl (C=O) groups is 1. The second-order valence-electron chi connectivity index (χ2n) is 6.30. The van der Waals surface area contributed by atoms with Crippen molar-refractivity contribution in [2.75, 3.05) is 19.8 Å². The molecule has 1 aromatic carbocycles. The number of rotatable bonds is 7. The third-order valence-electron chi connectivity index (χ3n) is 3.67. The molecule has 0 fully saturated rings. The number of aromatic nitrogens is 3. The third kappa shape index (κ3) is 5.02. The van der Waals surface area contributed by atoms with Crippen molar-refractivity contribution in [1.29, 1.82) is 0 Å². The van der Waals surface area contributed by atoms with Crippen molar-refractivity contribution in [3.05, 3.63) is 35.9 Å². The lowest BCUT2D eigenvalue weighted by atomic mass is 10.2. The SMILES string of the molecule is CC(C)NC(=O)CSc1nnc([C@@H](C)N(C)C)n1-c1ccc(F)cc1. The van der Waals surface area contributed by atoms with Gasteiger partial charge in [-0.05, 0) is 59.1 Å². The monoisotopic (exact) mass is 365 g/mol. The first-order chi connectivity index (χ1) is 11.8. The first-order valence-corrected chi connectivity index (χ1v) is 9.08. The van der Waals surface area contributed by atoms with Gasteiger partial charge >= 0.3 is 0 Å². The molecule has 2 rings (SSSR count). The normalized spacial score (nSPS) is 12.6. The van der Waals surface area contributed by atoms with Crippen LogP contribution in [0.4, 0.5) is 4.39 Å². The topological polar surface area (TPSA) is 63.1 Å². The zero-order chi connectivity index (χ0) is 18.6. The predicted octanol–water partition coefficient (Wildman–Crippen LogP) is 2.65. The summed E-state index contributed by atoms with van der Waals surface area (Å²) in [4.78, 5) is 13.9. The van der Waals surface area contributed by atoms with Crippen LogP contribution in [0, 0.1) is 5.82 Å². The maximum absolute atomic E-state index is 13.3. The summed E-state index contributed by atoms with van der Waals surface area (Å²) < 4.78 is 15.2. The third-order valence-corrected chi connectivity index (χ3v) is 4.60. The number of hydrogen-bond acceptors (Lipinski definition) is 5. The minimum absolute atomic E-state index is 0.0105. The van der Waals surface area contributed by atoms with E-state index in [4.69, 9.17) is 0 Å². The molecular formula is C17H24FN5OS. The van der Waals surface area contributed by atoms with Gasteiger partial charge in [0.15, 0.2) is 11.0 Å². The highest BCUT2D eigenvalue weighted by atomic mass is 32.2. The standard InChI is InChI=1S/C17H24FN5OS/c1-11(2)19-15(24)10-25-17-21-20-16(12(3)22(4)5)23(17)14-8-6-13(18)7-9-14/h6-9,11-12H,10H2,1-5H3,(H,19,24)/t12-/m1/s1. The summed E-state index contributed by atoms with van der Waals surface area (Å²) in [5, 5.41) is 12.0. The van der Waals surface area contributed by atoms with E-state index >= 15 is 0 Å². The van der Waals surface area contributed by atoms with E-state index in [0.29, 0.717) is 5.16 Å². The molecule has 1 aromatic heterocycles. The molecule has 0 aliphatic carbocycles. The number of amides is 1. The van der Waals surface area contributed by atoms with E-state index in [0.717, 1.165) is 11.5 Å². The first-order valence-electron chi connectivity index (χ1n) is 8.09. The Hall–Kier alpha value is -1.93. The van der Waals surface area contributed by atoms with Gasteiger partial charge in [0, 0.05) is 11.7 Å². The number of thioether (sulfide) groups is 1. The smallest absolute Gasteiger partial charge is 0.230 e.